The molecule has 3 rings (SSSR count). The van der Waals surface area contributed by atoms with Crippen molar-refractivity contribution in [2.45, 2.75) is 13.5 Å². The van der Waals surface area contributed by atoms with Gasteiger partial charge in [-0.3, -0.25) is 4.79 Å². The lowest BCUT2D eigenvalue weighted by molar-refractivity contribution is -0.0498. The fourth-order valence-corrected chi connectivity index (χ4v) is 2.69. The van der Waals surface area contributed by atoms with Crippen LogP contribution in [0.25, 0.3) is 22.3 Å². The van der Waals surface area contributed by atoms with Crippen molar-refractivity contribution in [1.82, 2.24) is 0 Å². The Labute approximate surface area is 147 Å². The van der Waals surface area contributed by atoms with E-state index in [1.54, 1.807) is 31.2 Å². The van der Waals surface area contributed by atoms with E-state index >= 15 is 0 Å². The summed E-state index contributed by atoms with van der Waals surface area (Å²) in [6.07, 6.45) is 0. The van der Waals surface area contributed by atoms with Crippen LogP contribution >= 0.6 is 0 Å². The number of alkyl halides is 2. The molecule has 0 atom stereocenters. The van der Waals surface area contributed by atoms with Crippen molar-refractivity contribution in [2.75, 3.05) is 14.2 Å². The summed E-state index contributed by atoms with van der Waals surface area (Å²) in [6, 6.07) is 9.07. The van der Waals surface area contributed by atoms with E-state index in [1.807, 2.05) is 0 Å². The van der Waals surface area contributed by atoms with Gasteiger partial charge in [0.2, 0.25) is 0 Å². The van der Waals surface area contributed by atoms with Crippen LogP contribution in [0.15, 0.2) is 45.6 Å². The third-order valence-corrected chi connectivity index (χ3v) is 3.96. The topological polar surface area (TPSA) is 57.9 Å². The largest absolute Gasteiger partial charge is 0.496 e. The van der Waals surface area contributed by atoms with E-state index in [1.165, 1.54) is 26.4 Å². The van der Waals surface area contributed by atoms with Crippen molar-refractivity contribution in [3.8, 4) is 28.6 Å². The Hall–Kier alpha value is -3.09. The van der Waals surface area contributed by atoms with E-state index in [2.05, 4.69) is 4.74 Å². The van der Waals surface area contributed by atoms with E-state index in [4.69, 9.17) is 13.9 Å². The van der Waals surface area contributed by atoms with E-state index in [9.17, 15) is 13.6 Å². The first-order valence-electron chi connectivity index (χ1n) is 7.69. The molecule has 0 aliphatic carbocycles. The van der Waals surface area contributed by atoms with Gasteiger partial charge in [-0.05, 0) is 31.2 Å². The van der Waals surface area contributed by atoms with Gasteiger partial charge in [-0.1, -0.05) is 0 Å². The summed E-state index contributed by atoms with van der Waals surface area (Å²) in [5, 5.41) is 0.312. The summed E-state index contributed by atoms with van der Waals surface area (Å²) in [5.41, 5.74) is 1.00. The highest BCUT2D eigenvalue weighted by Gasteiger charge is 2.17. The van der Waals surface area contributed by atoms with Gasteiger partial charge >= 0.3 is 6.61 Å². The molecule has 0 unspecified atom stereocenters. The maximum Gasteiger partial charge on any atom is 0.387 e. The van der Waals surface area contributed by atoms with E-state index in [-0.39, 0.29) is 11.2 Å². The second-order valence-electron chi connectivity index (χ2n) is 5.49. The Morgan fingerprint density at radius 3 is 2.27 bits per heavy atom. The number of halogens is 2. The summed E-state index contributed by atoms with van der Waals surface area (Å²) in [4.78, 5) is 12.8. The smallest absolute Gasteiger partial charge is 0.387 e. The molecule has 0 bridgehead atoms. The standard InChI is InChI=1S/C19H16F2O5/c1-10-17(22)16-14(24-3)8-13(23-2)9-15(16)26-18(10)11-4-6-12(7-5-11)25-19(20)21/h4-9,19H,1-3H3. The first-order chi connectivity index (χ1) is 12.4. The number of benzene rings is 2. The quantitative estimate of drug-likeness (QED) is 0.674. The Morgan fingerprint density at radius 1 is 1.00 bits per heavy atom. The Bertz CT molecular complexity index is 993. The maximum absolute atomic E-state index is 12.8. The highest BCUT2D eigenvalue weighted by atomic mass is 19.3. The summed E-state index contributed by atoms with van der Waals surface area (Å²) >= 11 is 0. The number of ether oxygens (including phenoxy) is 3. The maximum atomic E-state index is 12.8. The van der Waals surface area contributed by atoms with Gasteiger partial charge in [0.25, 0.3) is 0 Å². The molecule has 0 radical (unpaired) electrons. The lowest BCUT2D eigenvalue weighted by atomic mass is 10.0. The number of rotatable bonds is 5. The lowest BCUT2D eigenvalue weighted by Crippen LogP contribution is -2.09. The van der Waals surface area contributed by atoms with E-state index < -0.39 is 6.61 Å². The van der Waals surface area contributed by atoms with Crippen molar-refractivity contribution in [1.29, 1.82) is 0 Å². The molecule has 0 saturated heterocycles. The van der Waals surface area contributed by atoms with Crippen LogP contribution in [0.3, 0.4) is 0 Å². The van der Waals surface area contributed by atoms with Crippen LogP contribution in [0.5, 0.6) is 17.2 Å². The van der Waals surface area contributed by atoms with Crippen LogP contribution in [0.2, 0.25) is 0 Å². The average molecular weight is 362 g/mol. The fraction of sp³-hybridized carbons (Fsp3) is 0.211. The molecule has 0 spiro atoms. The predicted molar refractivity (Wildman–Crippen MR) is 92.4 cm³/mol. The monoisotopic (exact) mass is 362 g/mol. The average Bonchev–Trinajstić information content (AvgIpc) is 2.63. The van der Waals surface area contributed by atoms with Gasteiger partial charge in [-0.15, -0.1) is 0 Å². The molecule has 2 aromatic carbocycles. The molecule has 1 heterocycles. The highest BCUT2D eigenvalue weighted by Crippen LogP contribution is 2.33. The van der Waals surface area contributed by atoms with Crippen molar-refractivity contribution in [3.05, 3.63) is 52.2 Å². The van der Waals surface area contributed by atoms with E-state index in [0.29, 0.717) is 39.4 Å². The number of hydrogen-bond acceptors (Lipinski definition) is 5. The van der Waals surface area contributed by atoms with Crippen LogP contribution in [0.4, 0.5) is 8.78 Å². The molecule has 1 aromatic heterocycles. The summed E-state index contributed by atoms with van der Waals surface area (Å²) in [5.74, 6) is 1.19. The van der Waals surface area contributed by atoms with Crippen molar-refractivity contribution < 1.29 is 27.4 Å². The second kappa shape index (κ2) is 7.03. The van der Waals surface area contributed by atoms with Crippen molar-refractivity contribution >= 4 is 11.0 Å². The summed E-state index contributed by atoms with van der Waals surface area (Å²) in [7, 11) is 2.95. The summed E-state index contributed by atoms with van der Waals surface area (Å²) in [6.45, 7) is -1.27. The molecule has 136 valence electrons. The van der Waals surface area contributed by atoms with Crippen LogP contribution in [0, 0.1) is 6.92 Å². The van der Waals surface area contributed by atoms with Gasteiger partial charge in [-0.25, -0.2) is 0 Å². The Balaban J connectivity index is 2.18. The normalized spacial score (nSPS) is 11.0. The molecule has 0 N–H and O–H groups in total. The molecule has 26 heavy (non-hydrogen) atoms. The minimum absolute atomic E-state index is 0.0212. The zero-order chi connectivity index (χ0) is 18.8. The molecule has 7 heteroatoms. The van der Waals surface area contributed by atoms with Crippen molar-refractivity contribution in [3.63, 3.8) is 0 Å². The van der Waals surface area contributed by atoms with Crippen LogP contribution in [-0.4, -0.2) is 20.8 Å². The van der Waals surface area contributed by atoms with Gasteiger partial charge in [0.05, 0.1) is 14.2 Å². The summed E-state index contributed by atoms with van der Waals surface area (Å²) < 4.78 is 45.3. The van der Waals surface area contributed by atoms with Gasteiger partial charge < -0.3 is 18.6 Å². The zero-order valence-corrected chi connectivity index (χ0v) is 14.3. The minimum Gasteiger partial charge on any atom is -0.496 e. The molecular weight excluding hydrogens is 346 g/mol. The SMILES string of the molecule is COc1cc(OC)c2c(=O)c(C)c(-c3ccc(OC(F)F)cc3)oc2c1. The van der Waals surface area contributed by atoms with Crippen LogP contribution in [-0.2, 0) is 0 Å². The first kappa shape index (κ1) is 17.7. The Morgan fingerprint density at radius 2 is 1.69 bits per heavy atom. The highest BCUT2D eigenvalue weighted by molar-refractivity contribution is 5.87. The van der Waals surface area contributed by atoms with Gasteiger partial charge in [0, 0.05) is 23.3 Å². The zero-order valence-electron chi connectivity index (χ0n) is 14.3. The van der Waals surface area contributed by atoms with E-state index in [0.717, 1.165) is 0 Å². The van der Waals surface area contributed by atoms with Crippen molar-refractivity contribution in [2.24, 2.45) is 0 Å². The number of methoxy groups -OCH3 is 2. The third-order valence-electron chi connectivity index (χ3n) is 3.96. The molecule has 0 aliphatic heterocycles. The molecule has 0 amide bonds. The van der Waals surface area contributed by atoms with Crippen LogP contribution < -0.4 is 19.6 Å². The Kier molecular flexibility index (Phi) is 4.79. The third kappa shape index (κ3) is 3.20. The van der Waals surface area contributed by atoms with Crippen LogP contribution in [0.1, 0.15) is 5.56 Å². The molecule has 0 aliphatic rings. The molecule has 0 saturated carbocycles. The number of fused-ring (bicyclic) bond motifs is 1. The molecule has 3 aromatic rings. The fourth-order valence-electron chi connectivity index (χ4n) is 2.69. The lowest BCUT2D eigenvalue weighted by Gasteiger charge is -2.12. The second-order valence-corrected chi connectivity index (χ2v) is 5.49. The minimum atomic E-state index is -2.90. The van der Waals surface area contributed by atoms with Gasteiger partial charge in [0.15, 0.2) is 5.43 Å². The van der Waals surface area contributed by atoms with Gasteiger partial charge in [0.1, 0.15) is 34.0 Å². The first-order valence-corrected chi connectivity index (χ1v) is 7.69. The van der Waals surface area contributed by atoms with Gasteiger partial charge in [-0.2, -0.15) is 8.78 Å². The molecular formula is C19H16F2O5. The molecule has 0 fully saturated rings. The predicted octanol–water partition coefficient (Wildman–Crippen LogP) is 4.39. The number of hydrogen-bond donors (Lipinski definition) is 0. The molecule has 5 nitrogen and oxygen atoms in total.